The molecule has 1 amide bonds. The molecule has 4 aliphatic rings. The van der Waals surface area contributed by atoms with Crippen molar-refractivity contribution < 1.29 is 24.0 Å². The number of nitrogens with zero attached hydrogens (tertiary/aromatic N) is 3. The van der Waals surface area contributed by atoms with E-state index in [4.69, 9.17) is 9.15 Å². The summed E-state index contributed by atoms with van der Waals surface area (Å²) in [5, 5.41) is 22.7. The Kier molecular flexibility index (Phi) is 4.58. The van der Waals surface area contributed by atoms with E-state index >= 15 is 0 Å². The highest BCUT2D eigenvalue weighted by atomic mass is 16.6. The maximum atomic E-state index is 13.1. The molecule has 3 heterocycles. The van der Waals surface area contributed by atoms with Crippen LogP contribution in [0.15, 0.2) is 35.2 Å². The minimum atomic E-state index is -0.449. The Balaban J connectivity index is 1.43. The fraction of sp³-hybridized carbons (Fsp3) is 0.480. The number of ether oxygens (including phenoxy) is 1. The zero-order chi connectivity index (χ0) is 23.8. The van der Waals surface area contributed by atoms with Crippen LogP contribution in [0.2, 0.25) is 0 Å². The molecule has 9 nitrogen and oxygen atoms in total. The number of likely N-dealkylation sites (N-methyl/N-ethyl adjacent to an activating group) is 2. The van der Waals surface area contributed by atoms with Crippen LogP contribution in [0.1, 0.15) is 36.0 Å². The first kappa shape index (κ1) is 21.2. The fourth-order valence-electron chi connectivity index (χ4n) is 7.15. The minimum Gasteiger partial charge on any atom is -0.504 e. The monoisotopic (exact) mass is 465 g/mol. The Morgan fingerprint density at radius 1 is 1.41 bits per heavy atom. The number of benzene rings is 1. The topological polar surface area (TPSA) is 109 Å². The van der Waals surface area contributed by atoms with Gasteiger partial charge in [-0.25, -0.2) is 0 Å². The number of carbonyl (C=O) groups excluding carboxylic acids is 1. The van der Waals surface area contributed by atoms with Crippen molar-refractivity contribution in [2.75, 3.05) is 20.6 Å². The van der Waals surface area contributed by atoms with Gasteiger partial charge in [0.1, 0.15) is 6.10 Å². The summed E-state index contributed by atoms with van der Waals surface area (Å²) in [6.07, 6.45) is 9.03. The maximum Gasteiger partial charge on any atom is 0.276 e. The molecule has 1 spiro atoms. The fourth-order valence-corrected chi connectivity index (χ4v) is 7.15. The molecule has 2 fully saturated rings. The summed E-state index contributed by atoms with van der Waals surface area (Å²) in [4.78, 5) is 28.7. The molecule has 5 atom stereocenters. The van der Waals surface area contributed by atoms with Crippen molar-refractivity contribution >= 4 is 17.7 Å². The van der Waals surface area contributed by atoms with Crippen LogP contribution < -0.4 is 4.74 Å². The van der Waals surface area contributed by atoms with Crippen molar-refractivity contribution in [1.29, 1.82) is 0 Å². The van der Waals surface area contributed by atoms with Gasteiger partial charge in [-0.2, -0.15) is 0 Å². The number of nitro benzene ring substituents is 1. The highest BCUT2D eigenvalue weighted by Gasteiger charge is 2.67. The van der Waals surface area contributed by atoms with Crippen LogP contribution in [-0.4, -0.2) is 64.6 Å². The molecular weight excluding hydrogens is 438 g/mol. The first-order valence-corrected chi connectivity index (χ1v) is 11.7. The van der Waals surface area contributed by atoms with E-state index in [1.807, 2.05) is 0 Å². The van der Waals surface area contributed by atoms with Crippen LogP contribution in [0.3, 0.4) is 0 Å². The summed E-state index contributed by atoms with van der Waals surface area (Å²) in [6.45, 7) is 0.841. The van der Waals surface area contributed by atoms with Crippen molar-refractivity contribution in [3.63, 3.8) is 0 Å². The van der Waals surface area contributed by atoms with Gasteiger partial charge >= 0.3 is 0 Å². The van der Waals surface area contributed by atoms with Crippen LogP contribution in [0.4, 0.5) is 5.69 Å². The lowest BCUT2D eigenvalue weighted by atomic mass is 9.51. The molecule has 1 N–H and O–H groups in total. The van der Waals surface area contributed by atoms with Gasteiger partial charge in [0.25, 0.3) is 5.69 Å². The lowest BCUT2D eigenvalue weighted by Gasteiger charge is -2.59. The van der Waals surface area contributed by atoms with Crippen LogP contribution in [0.5, 0.6) is 11.5 Å². The second-order valence-corrected chi connectivity index (χ2v) is 10.0. The van der Waals surface area contributed by atoms with E-state index in [9.17, 15) is 20.0 Å². The van der Waals surface area contributed by atoms with Crippen LogP contribution in [0, 0.1) is 16.0 Å². The lowest BCUT2D eigenvalue weighted by molar-refractivity contribution is -0.385. The van der Waals surface area contributed by atoms with E-state index in [-0.39, 0.29) is 41.4 Å². The number of aromatic hydroxyl groups is 1. The summed E-state index contributed by atoms with van der Waals surface area (Å²) in [5.41, 5.74) is 1.82. The van der Waals surface area contributed by atoms with Crippen molar-refractivity contribution in [2.24, 2.45) is 5.92 Å². The molecule has 0 radical (unpaired) electrons. The van der Waals surface area contributed by atoms with Crippen molar-refractivity contribution in [1.82, 2.24) is 9.80 Å². The SMILES string of the molecule is CN1CC[C@]23c4c5c([N+](=O)[O-])cc(O)c4O[C@H]2[C@H](N(C)C(=O)/C=C/c2ccoc2)CC[C@H]3[C@H]1C5. The van der Waals surface area contributed by atoms with Gasteiger partial charge in [-0.1, -0.05) is 0 Å². The molecule has 178 valence electrons. The number of rotatable bonds is 4. The molecule has 2 aromatic rings. The first-order valence-electron chi connectivity index (χ1n) is 11.7. The van der Waals surface area contributed by atoms with Crippen LogP contribution >= 0.6 is 0 Å². The lowest BCUT2D eigenvalue weighted by Crippen LogP contribution is -2.68. The molecule has 0 unspecified atom stereocenters. The van der Waals surface area contributed by atoms with Gasteiger partial charge in [-0.15, -0.1) is 0 Å². The summed E-state index contributed by atoms with van der Waals surface area (Å²) >= 11 is 0. The van der Waals surface area contributed by atoms with Crippen molar-refractivity contribution in [2.45, 2.75) is 49.3 Å². The Hall–Kier alpha value is -3.33. The van der Waals surface area contributed by atoms with E-state index in [1.165, 1.54) is 12.1 Å². The number of nitro groups is 1. The Morgan fingerprint density at radius 2 is 2.24 bits per heavy atom. The number of phenolic OH excluding ortho intramolecular Hbond substituents is 1. The van der Waals surface area contributed by atoms with Gasteiger partial charge in [-0.05, 0) is 57.3 Å². The highest BCUT2D eigenvalue weighted by Crippen LogP contribution is 2.65. The number of phenols is 1. The van der Waals surface area contributed by atoms with E-state index in [0.717, 1.165) is 36.9 Å². The smallest absolute Gasteiger partial charge is 0.276 e. The van der Waals surface area contributed by atoms with Crippen LogP contribution in [-0.2, 0) is 16.6 Å². The molecule has 2 aliphatic carbocycles. The number of carbonyl (C=O) groups is 1. The summed E-state index contributed by atoms with van der Waals surface area (Å²) in [6, 6.07) is 2.97. The highest BCUT2D eigenvalue weighted by molar-refractivity contribution is 5.91. The van der Waals surface area contributed by atoms with E-state index in [1.54, 1.807) is 36.6 Å². The molecule has 1 saturated carbocycles. The third-order valence-corrected chi connectivity index (χ3v) is 8.67. The normalized spacial score (nSPS) is 31.2. The summed E-state index contributed by atoms with van der Waals surface area (Å²) in [7, 11) is 3.87. The van der Waals surface area contributed by atoms with E-state index in [0.29, 0.717) is 17.7 Å². The standard InChI is InChI=1S/C25H27N3O6/c1-26-9-8-25-16-4-5-17(27(2)21(30)6-3-14-7-10-33-13-14)24(25)34-23-20(29)12-18(28(31)32)15(22(23)25)11-19(16)26/h3,6-7,10,12-13,16-17,19,24,29H,4-5,8-9,11H2,1-2H3/b6-3+/t16-,17+,19+,24-,25-/m0/s1. The van der Waals surface area contributed by atoms with Gasteiger partial charge in [0.05, 0.1) is 29.6 Å². The number of piperidine rings is 1. The predicted octanol–water partition coefficient (Wildman–Crippen LogP) is 3.10. The molecule has 1 saturated heterocycles. The number of likely N-dealkylation sites (tertiary alicyclic amines) is 1. The Morgan fingerprint density at radius 3 is 2.97 bits per heavy atom. The average Bonchev–Trinajstić information content (AvgIpc) is 3.46. The third-order valence-electron chi connectivity index (χ3n) is 8.67. The van der Waals surface area contributed by atoms with Gasteiger partial charge in [0, 0.05) is 41.3 Å². The average molecular weight is 466 g/mol. The number of hydrogen-bond donors (Lipinski definition) is 1. The maximum absolute atomic E-state index is 13.1. The molecule has 6 rings (SSSR count). The summed E-state index contributed by atoms with van der Waals surface area (Å²) < 4.78 is 11.6. The van der Waals surface area contributed by atoms with Crippen molar-refractivity contribution in [3.05, 3.63) is 57.5 Å². The number of furan rings is 1. The third kappa shape index (κ3) is 2.73. The molecule has 2 bridgehead atoms. The Bertz CT molecular complexity index is 1210. The zero-order valence-corrected chi connectivity index (χ0v) is 19.1. The van der Waals surface area contributed by atoms with Crippen molar-refractivity contribution in [3.8, 4) is 11.5 Å². The molecule has 9 heteroatoms. The number of hydrogen-bond acceptors (Lipinski definition) is 7. The van der Waals surface area contributed by atoms with E-state index in [2.05, 4.69) is 11.9 Å². The Labute approximate surface area is 196 Å². The van der Waals surface area contributed by atoms with Gasteiger partial charge in [-0.3, -0.25) is 14.9 Å². The number of amides is 1. The zero-order valence-electron chi connectivity index (χ0n) is 19.1. The second kappa shape index (κ2) is 7.33. The van der Waals surface area contributed by atoms with Gasteiger partial charge < -0.3 is 24.1 Å². The molecule has 1 aromatic heterocycles. The summed E-state index contributed by atoms with van der Waals surface area (Å²) in [5.74, 6) is 0.308. The molecule has 2 aliphatic heterocycles. The largest absolute Gasteiger partial charge is 0.504 e. The van der Waals surface area contributed by atoms with Crippen LogP contribution in [0.25, 0.3) is 6.08 Å². The first-order chi connectivity index (χ1) is 16.3. The second-order valence-electron chi connectivity index (χ2n) is 10.0. The van der Waals surface area contributed by atoms with E-state index < -0.39 is 10.3 Å². The molecular formula is C25H27N3O6. The minimum absolute atomic E-state index is 0.0341. The molecule has 34 heavy (non-hydrogen) atoms. The predicted molar refractivity (Wildman–Crippen MR) is 123 cm³/mol. The quantitative estimate of drug-likeness (QED) is 0.420. The van der Waals surface area contributed by atoms with Gasteiger partial charge in [0.15, 0.2) is 11.5 Å². The van der Waals surface area contributed by atoms with Gasteiger partial charge in [0.2, 0.25) is 5.91 Å². The molecule has 1 aromatic carbocycles.